The summed E-state index contributed by atoms with van der Waals surface area (Å²) in [4.78, 5) is 0. The highest BCUT2D eigenvalue weighted by molar-refractivity contribution is 4.75. The second-order valence-corrected chi connectivity index (χ2v) is 3.61. The second kappa shape index (κ2) is 4.24. The van der Waals surface area contributed by atoms with Crippen LogP contribution in [0.4, 0.5) is 0 Å². The molecule has 0 radical (unpaired) electrons. The van der Waals surface area contributed by atoms with Crippen LogP contribution in [0.2, 0.25) is 0 Å². The van der Waals surface area contributed by atoms with E-state index >= 15 is 0 Å². The Kier molecular flexibility index (Phi) is 3.53. The maximum atomic E-state index is 5.78. The molecule has 0 N–H and O–H groups in total. The molecule has 12 heavy (non-hydrogen) atoms. The average molecular weight is 172 g/mol. The first-order valence-corrected chi connectivity index (χ1v) is 5.04. The number of ether oxygens (including phenoxy) is 2. The molecule has 1 rings (SSSR count). The van der Waals surface area contributed by atoms with Crippen molar-refractivity contribution in [3.63, 3.8) is 0 Å². The molecular weight excluding hydrogens is 152 g/mol. The Morgan fingerprint density at radius 1 is 1.42 bits per heavy atom. The van der Waals surface area contributed by atoms with Gasteiger partial charge in [0.1, 0.15) is 0 Å². The molecule has 1 heterocycles. The van der Waals surface area contributed by atoms with Crippen LogP contribution in [0, 0.1) is 0 Å². The summed E-state index contributed by atoms with van der Waals surface area (Å²) < 4.78 is 11.5. The molecule has 1 fully saturated rings. The Balaban J connectivity index is 2.41. The van der Waals surface area contributed by atoms with Crippen LogP contribution in [-0.4, -0.2) is 18.5 Å². The third kappa shape index (κ3) is 2.20. The average Bonchev–Trinajstić information content (AvgIpc) is 2.45. The zero-order valence-electron chi connectivity index (χ0n) is 8.43. The second-order valence-electron chi connectivity index (χ2n) is 3.61. The van der Waals surface area contributed by atoms with E-state index in [2.05, 4.69) is 20.8 Å². The van der Waals surface area contributed by atoms with Crippen molar-refractivity contribution < 1.29 is 9.47 Å². The monoisotopic (exact) mass is 172 g/mol. The Morgan fingerprint density at radius 2 is 2.17 bits per heavy atom. The lowest BCUT2D eigenvalue weighted by Crippen LogP contribution is -2.29. The molecule has 2 heteroatoms. The molecule has 0 amide bonds. The molecule has 1 saturated heterocycles. The fraction of sp³-hybridized carbons (Fsp3) is 1.00. The Morgan fingerprint density at radius 3 is 2.58 bits per heavy atom. The van der Waals surface area contributed by atoms with Gasteiger partial charge in [-0.2, -0.15) is 0 Å². The maximum Gasteiger partial charge on any atom is 0.168 e. The van der Waals surface area contributed by atoms with Crippen molar-refractivity contribution in [3.05, 3.63) is 0 Å². The molecule has 2 unspecified atom stereocenters. The van der Waals surface area contributed by atoms with Gasteiger partial charge in [-0.1, -0.05) is 20.3 Å². The van der Waals surface area contributed by atoms with Crippen LogP contribution in [0.1, 0.15) is 46.5 Å². The predicted molar refractivity (Wildman–Crippen MR) is 49.0 cm³/mol. The van der Waals surface area contributed by atoms with Gasteiger partial charge in [0.15, 0.2) is 5.79 Å². The molecule has 1 aliphatic heterocycles. The molecule has 1 aliphatic rings. The van der Waals surface area contributed by atoms with Gasteiger partial charge in [0.05, 0.1) is 12.7 Å². The van der Waals surface area contributed by atoms with Crippen molar-refractivity contribution in [3.8, 4) is 0 Å². The van der Waals surface area contributed by atoms with Crippen molar-refractivity contribution in [2.75, 3.05) is 6.61 Å². The van der Waals surface area contributed by atoms with Gasteiger partial charge < -0.3 is 9.47 Å². The fourth-order valence-corrected chi connectivity index (χ4v) is 1.64. The van der Waals surface area contributed by atoms with Crippen LogP contribution in [0.15, 0.2) is 0 Å². The van der Waals surface area contributed by atoms with E-state index in [0.717, 1.165) is 19.4 Å². The van der Waals surface area contributed by atoms with Crippen molar-refractivity contribution in [2.24, 2.45) is 0 Å². The smallest absolute Gasteiger partial charge is 0.168 e. The maximum absolute atomic E-state index is 5.78. The van der Waals surface area contributed by atoms with Crippen LogP contribution >= 0.6 is 0 Å². The van der Waals surface area contributed by atoms with Gasteiger partial charge >= 0.3 is 0 Å². The van der Waals surface area contributed by atoms with E-state index in [-0.39, 0.29) is 11.9 Å². The summed E-state index contributed by atoms with van der Waals surface area (Å²) in [5.74, 6) is -0.241. The van der Waals surface area contributed by atoms with E-state index in [4.69, 9.17) is 9.47 Å². The normalized spacial score (nSPS) is 35.8. The van der Waals surface area contributed by atoms with Crippen LogP contribution in [0.3, 0.4) is 0 Å². The van der Waals surface area contributed by atoms with Gasteiger partial charge in [-0.3, -0.25) is 0 Å². The van der Waals surface area contributed by atoms with Crippen LogP contribution in [-0.2, 0) is 9.47 Å². The van der Waals surface area contributed by atoms with Crippen LogP contribution in [0.5, 0.6) is 0 Å². The zero-order valence-corrected chi connectivity index (χ0v) is 8.43. The molecule has 72 valence electrons. The van der Waals surface area contributed by atoms with Gasteiger partial charge in [-0.15, -0.1) is 0 Å². The van der Waals surface area contributed by atoms with E-state index in [9.17, 15) is 0 Å². The minimum Gasteiger partial charge on any atom is -0.347 e. The summed E-state index contributed by atoms with van der Waals surface area (Å²) in [6.07, 6.45) is 4.70. The molecule has 0 aromatic carbocycles. The molecule has 2 nitrogen and oxygen atoms in total. The Bertz CT molecular complexity index is 136. The molecular formula is C10H20O2. The summed E-state index contributed by atoms with van der Waals surface area (Å²) in [5.41, 5.74) is 0. The van der Waals surface area contributed by atoms with Gasteiger partial charge in [0.2, 0.25) is 0 Å². The lowest BCUT2D eigenvalue weighted by Gasteiger charge is -2.26. The largest absolute Gasteiger partial charge is 0.347 e. The summed E-state index contributed by atoms with van der Waals surface area (Å²) in [6, 6.07) is 0. The Hall–Kier alpha value is -0.0800. The Labute approximate surface area is 75.2 Å². The van der Waals surface area contributed by atoms with Crippen molar-refractivity contribution >= 4 is 0 Å². The third-order valence-corrected chi connectivity index (χ3v) is 2.45. The highest BCUT2D eigenvalue weighted by Crippen LogP contribution is 2.31. The molecule has 2 atom stereocenters. The minimum atomic E-state index is -0.241. The molecule has 0 spiro atoms. The standard InChI is InChI=1S/C10H20O2/c1-4-6-7-10(5-2)11-8-9(3)12-10/h9H,4-8H2,1-3H3. The summed E-state index contributed by atoms with van der Waals surface area (Å²) >= 11 is 0. The summed E-state index contributed by atoms with van der Waals surface area (Å²) in [7, 11) is 0. The van der Waals surface area contributed by atoms with Gasteiger partial charge in [0.25, 0.3) is 0 Å². The van der Waals surface area contributed by atoms with E-state index in [1.54, 1.807) is 0 Å². The van der Waals surface area contributed by atoms with Crippen LogP contribution in [0.25, 0.3) is 0 Å². The highest BCUT2D eigenvalue weighted by Gasteiger charge is 2.37. The molecule has 0 bridgehead atoms. The quantitative estimate of drug-likeness (QED) is 0.649. The van der Waals surface area contributed by atoms with Gasteiger partial charge in [0, 0.05) is 6.42 Å². The number of hydrogen-bond donors (Lipinski definition) is 0. The first kappa shape index (κ1) is 10.0. The van der Waals surface area contributed by atoms with E-state index in [1.807, 2.05) is 0 Å². The zero-order chi connectivity index (χ0) is 9.03. The van der Waals surface area contributed by atoms with E-state index in [0.29, 0.717) is 0 Å². The molecule has 0 aliphatic carbocycles. The number of hydrogen-bond acceptors (Lipinski definition) is 2. The van der Waals surface area contributed by atoms with E-state index < -0.39 is 0 Å². The van der Waals surface area contributed by atoms with E-state index in [1.165, 1.54) is 12.8 Å². The van der Waals surface area contributed by atoms with Gasteiger partial charge in [-0.05, 0) is 19.8 Å². The van der Waals surface area contributed by atoms with Crippen molar-refractivity contribution in [1.29, 1.82) is 0 Å². The SMILES string of the molecule is CCCCC1(CC)OCC(C)O1. The lowest BCUT2D eigenvalue weighted by molar-refractivity contribution is -0.173. The fourth-order valence-electron chi connectivity index (χ4n) is 1.64. The predicted octanol–water partition coefficient (Wildman–Crippen LogP) is 2.72. The van der Waals surface area contributed by atoms with Crippen LogP contribution < -0.4 is 0 Å². The molecule has 0 saturated carbocycles. The number of rotatable bonds is 4. The van der Waals surface area contributed by atoms with Gasteiger partial charge in [-0.25, -0.2) is 0 Å². The topological polar surface area (TPSA) is 18.5 Å². The van der Waals surface area contributed by atoms with Crippen molar-refractivity contribution in [2.45, 2.75) is 58.3 Å². The summed E-state index contributed by atoms with van der Waals surface area (Å²) in [6.45, 7) is 7.16. The van der Waals surface area contributed by atoms with Crippen molar-refractivity contribution in [1.82, 2.24) is 0 Å². The lowest BCUT2D eigenvalue weighted by atomic mass is 10.1. The summed E-state index contributed by atoms with van der Waals surface area (Å²) in [5, 5.41) is 0. The first-order valence-electron chi connectivity index (χ1n) is 5.04. The molecule has 0 aromatic rings. The molecule has 0 aromatic heterocycles. The number of unbranched alkanes of at least 4 members (excludes halogenated alkanes) is 1. The third-order valence-electron chi connectivity index (χ3n) is 2.45. The first-order chi connectivity index (χ1) is 5.72. The minimum absolute atomic E-state index is 0.241. The highest BCUT2D eigenvalue weighted by atomic mass is 16.7.